The van der Waals surface area contributed by atoms with Crippen LogP contribution in [0.5, 0.6) is 0 Å². The van der Waals surface area contributed by atoms with Crippen LogP contribution >= 0.6 is 11.3 Å². The Balaban J connectivity index is 2.01. The molecule has 3 nitrogen and oxygen atoms in total. The summed E-state index contributed by atoms with van der Waals surface area (Å²) in [5, 5.41) is 10.6. The van der Waals surface area contributed by atoms with E-state index in [9.17, 15) is 4.79 Å². The number of hydrogen-bond acceptors (Lipinski definition) is 3. The fraction of sp³-hybridized carbons (Fsp3) is 0.588. The predicted octanol–water partition coefficient (Wildman–Crippen LogP) is 3.13. The molecule has 0 atom stereocenters. The zero-order valence-corrected chi connectivity index (χ0v) is 13.8. The van der Waals surface area contributed by atoms with E-state index in [0.717, 1.165) is 17.7 Å². The second-order valence-corrected chi connectivity index (χ2v) is 7.38. The normalized spacial score (nSPS) is 17.9. The Hall–Kier alpha value is -1.31. The van der Waals surface area contributed by atoms with E-state index < -0.39 is 0 Å². The van der Waals surface area contributed by atoms with Crippen molar-refractivity contribution in [1.82, 2.24) is 4.90 Å². The summed E-state index contributed by atoms with van der Waals surface area (Å²) in [7, 11) is 1.90. The molecule has 0 radical (unpaired) electrons. The summed E-state index contributed by atoms with van der Waals surface area (Å²) >= 11 is 1.45. The highest BCUT2D eigenvalue weighted by atomic mass is 32.1. The molecule has 0 aromatic carbocycles. The number of carbonyl (C=O) groups excluding carboxylic acids is 1. The van der Waals surface area contributed by atoms with Crippen LogP contribution in [0.1, 0.15) is 54.8 Å². The molecule has 1 heterocycles. The first-order valence-electron chi connectivity index (χ1n) is 7.38. The molecule has 1 N–H and O–H groups in total. The van der Waals surface area contributed by atoms with Crippen LogP contribution in [-0.4, -0.2) is 35.6 Å². The monoisotopic (exact) mass is 305 g/mol. The van der Waals surface area contributed by atoms with Gasteiger partial charge in [0.25, 0.3) is 5.91 Å². The Bertz CT molecular complexity index is 555. The molecule has 1 amide bonds. The molecule has 1 saturated carbocycles. The Kier molecular flexibility index (Phi) is 5.08. The molecular weight excluding hydrogens is 282 g/mol. The molecular formula is C17H23NO2S. The van der Waals surface area contributed by atoms with Crippen molar-refractivity contribution in [3.8, 4) is 11.8 Å². The molecule has 1 aromatic heterocycles. The van der Waals surface area contributed by atoms with E-state index in [1.807, 2.05) is 23.4 Å². The van der Waals surface area contributed by atoms with E-state index in [2.05, 4.69) is 25.7 Å². The lowest BCUT2D eigenvalue weighted by atomic mass is 9.75. The van der Waals surface area contributed by atoms with Crippen LogP contribution in [0.25, 0.3) is 0 Å². The molecule has 1 aromatic rings. The van der Waals surface area contributed by atoms with E-state index in [1.54, 1.807) is 0 Å². The topological polar surface area (TPSA) is 40.5 Å². The highest BCUT2D eigenvalue weighted by molar-refractivity contribution is 7.10. The van der Waals surface area contributed by atoms with Gasteiger partial charge in [0, 0.05) is 18.5 Å². The molecule has 21 heavy (non-hydrogen) atoms. The molecule has 0 spiro atoms. The fourth-order valence-corrected chi connectivity index (χ4v) is 3.53. The van der Waals surface area contributed by atoms with Gasteiger partial charge in [-0.15, -0.1) is 11.3 Å². The first-order chi connectivity index (χ1) is 9.93. The fourth-order valence-electron chi connectivity index (χ4n) is 2.78. The zero-order chi connectivity index (χ0) is 15.5. The second-order valence-electron chi connectivity index (χ2n) is 6.47. The molecule has 2 rings (SSSR count). The quantitative estimate of drug-likeness (QED) is 0.853. The van der Waals surface area contributed by atoms with Gasteiger partial charge in [0.15, 0.2) is 0 Å². The Labute approximate surface area is 131 Å². The highest BCUT2D eigenvalue weighted by Gasteiger charge is 2.30. The molecule has 0 saturated heterocycles. The summed E-state index contributed by atoms with van der Waals surface area (Å²) in [6, 6.07) is 2.16. The lowest BCUT2D eigenvalue weighted by Crippen LogP contribution is -2.40. The number of nitrogens with zero attached hydrogens (tertiary/aromatic N) is 1. The van der Waals surface area contributed by atoms with Gasteiger partial charge in [0.2, 0.25) is 0 Å². The maximum Gasteiger partial charge on any atom is 0.254 e. The van der Waals surface area contributed by atoms with Gasteiger partial charge in [-0.1, -0.05) is 25.7 Å². The highest BCUT2D eigenvalue weighted by Crippen LogP contribution is 2.36. The van der Waals surface area contributed by atoms with Crippen molar-refractivity contribution in [3.63, 3.8) is 0 Å². The third kappa shape index (κ3) is 4.09. The maximum atomic E-state index is 12.5. The van der Waals surface area contributed by atoms with Crippen molar-refractivity contribution in [2.24, 2.45) is 5.41 Å². The Morgan fingerprint density at radius 2 is 2.14 bits per heavy atom. The number of rotatable bonds is 2. The van der Waals surface area contributed by atoms with Crippen LogP contribution in [0.2, 0.25) is 0 Å². The average molecular weight is 305 g/mol. The minimum atomic E-state index is -0.154. The Morgan fingerprint density at radius 1 is 1.48 bits per heavy atom. The summed E-state index contributed by atoms with van der Waals surface area (Å²) in [6.45, 7) is 4.45. The third-order valence-electron chi connectivity index (χ3n) is 4.31. The van der Waals surface area contributed by atoms with E-state index >= 15 is 0 Å². The molecule has 1 fully saturated rings. The van der Waals surface area contributed by atoms with Gasteiger partial charge in [0.05, 0.1) is 10.4 Å². The average Bonchev–Trinajstić information content (AvgIpc) is 2.92. The molecule has 0 aliphatic heterocycles. The molecule has 0 bridgehead atoms. The first-order valence-corrected chi connectivity index (χ1v) is 8.26. The molecule has 4 heteroatoms. The van der Waals surface area contributed by atoms with Crippen molar-refractivity contribution in [3.05, 3.63) is 21.9 Å². The SMILES string of the molecule is CN(C(=O)c1csc(C#CCO)c1)C1CCC(C)(C)CC1. The smallest absolute Gasteiger partial charge is 0.254 e. The number of thiophene rings is 1. The number of hydrogen-bond donors (Lipinski definition) is 1. The summed E-state index contributed by atoms with van der Waals surface area (Å²) < 4.78 is 0. The molecule has 114 valence electrons. The Morgan fingerprint density at radius 3 is 2.76 bits per heavy atom. The minimum Gasteiger partial charge on any atom is -0.384 e. The van der Waals surface area contributed by atoms with E-state index in [4.69, 9.17) is 5.11 Å². The number of carbonyl (C=O) groups is 1. The van der Waals surface area contributed by atoms with Crippen LogP contribution in [0.15, 0.2) is 11.4 Å². The zero-order valence-electron chi connectivity index (χ0n) is 13.0. The lowest BCUT2D eigenvalue weighted by molar-refractivity contribution is 0.0636. The van der Waals surface area contributed by atoms with Crippen LogP contribution in [0, 0.1) is 17.3 Å². The second kappa shape index (κ2) is 6.64. The van der Waals surface area contributed by atoms with Crippen molar-refractivity contribution >= 4 is 17.2 Å². The number of amides is 1. The molecule has 1 aliphatic carbocycles. The van der Waals surface area contributed by atoms with Crippen LogP contribution in [-0.2, 0) is 0 Å². The maximum absolute atomic E-state index is 12.5. The number of aliphatic hydroxyl groups is 1. The first kappa shape index (κ1) is 16.1. The van der Waals surface area contributed by atoms with E-state index in [1.165, 1.54) is 24.2 Å². The van der Waals surface area contributed by atoms with E-state index in [-0.39, 0.29) is 12.5 Å². The summed E-state index contributed by atoms with van der Waals surface area (Å²) in [6.07, 6.45) is 4.51. The van der Waals surface area contributed by atoms with Gasteiger partial charge in [-0.25, -0.2) is 0 Å². The largest absolute Gasteiger partial charge is 0.384 e. The summed E-state index contributed by atoms with van der Waals surface area (Å²) in [5.41, 5.74) is 1.12. The van der Waals surface area contributed by atoms with Crippen molar-refractivity contribution in [1.29, 1.82) is 0 Å². The van der Waals surface area contributed by atoms with Crippen molar-refractivity contribution in [2.45, 2.75) is 45.6 Å². The van der Waals surface area contributed by atoms with Crippen LogP contribution in [0.4, 0.5) is 0 Å². The lowest BCUT2D eigenvalue weighted by Gasteiger charge is -2.38. The standard InChI is InChI=1S/C17H23NO2S/c1-17(2)8-6-14(7-9-17)18(3)16(20)13-11-15(21-12-13)5-4-10-19/h11-12,14,19H,6-10H2,1-3H3. The third-order valence-corrected chi connectivity index (χ3v) is 5.16. The van der Waals surface area contributed by atoms with Crippen molar-refractivity contribution in [2.75, 3.05) is 13.7 Å². The summed E-state index contributed by atoms with van der Waals surface area (Å²) in [5.74, 6) is 5.53. The van der Waals surface area contributed by atoms with Gasteiger partial charge in [-0.3, -0.25) is 4.79 Å². The van der Waals surface area contributed by atoms with Crippen LogP contribution < -0.4 is 0 Å². The van der Waals surface area contributed by atoms with Gasteiger partial charge in [0.1, 0.15) is 6.61 Å². The molecule has 0 unspecified atom stereocenters. The predicted molar refractivity (Wildman–Crippen MR) is 86.4 cm³/mol. The number of aliphatic hydroxyl groups excluding tert-OH is 1. The van der Waals surface area contributed by atoms with Crippen molar-refractivity contribution < 1.29 is 9.90 Å². The van der Waals surface area contributed by atoms with Gasteiger partial charge in [-0.2, -0.15) is 0 Å². The summed E-state index contributed by atoms with van der Waals surface area (Å²) in [4.78, 5) is 15.2. The van der Waals surface area contributed by atoms with Crippen LogP contribution in [0.3, 0.4) is 0 Å². The van der Waals surface area contributed by atoms with E-state index in [0.29, 0.717) is 17.0 Å². The van der Waals surface area contributed by atoms with Gasteiger partial charge >= 0.3 is 0 Å². The van der Waals surface area contributed by atoms with Gasteiger partial charge < -0.3 is 10.0 Å². The minimum absolute atomic E-state index is 0.0769. The molecule has 1 aliphatic rings. The van der Waals surface area contributed by atoms with Gasteiger partial charge in [-0.05, 0) is 37.2 Å².